The second-order valence-corrected chi connectivity index (χ2v) is 7.29. The van der Waals surface area contributed by atoms with Gasteiger partial charge in [-0.2, -0.15) is 0 Å². The van der Waals surface area contributed by atoms with E-state index in [1.54, 1.807) is 0 Å². The van der Waals surface area contributed by atoms with Crippen LogP contribution >= 0.6 is 0 Å². The lowest BCUT2D eigenvalue weighted by Gasteiger charge is -2.45. The van der Waals surface area contributed by atoms with Gasteiger partial charge in [0.25, 0.3) is 0 Å². The van der Waals surface area contributed by atoms with Crippen LogP contribution in [-0.4, -0.2) is 18.0 Å². The van der Waals surface area contributed by atoms with E-state index in [4.69, 9.17) is 5.73 Å². The Morgan fingerprint density at radius 1 is 1.23 bits per heavy atom. The fraction of sp³-hybridized carbons (Fsp3) is 0.632. The molecular weight excluding hydrogens is 272 g/mol. The molecule has 2 saturated carbocycles. The van der Waals surface area contributed by atoms with E-state index in [0.29, 0.717) is 30.3 Å². The summed E-state index contributed by atoms with van der Waals surface area (Å²) in [7, 11) is 0. The Bertz CT molecular complexity index is 487. The molecule has 0 heterocycles. The molecule has 2 aliphatic carbocycles. The van der Waals surface area contributed by atoms with Crippen molar-refractivity contribution in [2.45, 2.75) is 63.5 Å². The first-order valence-electron chi connectivity index (χ1n) is 8.73. The molecule has 1 amide bonds. The lowest BCUT2D eigenvalue weighted by Crippen LogP contribution is -2.53. The van der Waals surface area contributed by atoms with Crippen LogP contribution in [0.15, 0.2) is 30.3 Å². The van der Waals surface area contributed by atoms with Gasteiger partial charge in [-0.05, 0) is 49.0 Å². The molecule has 3 N–H and O–H groups in total. The Morgan fingerprint density at radius 2 is 1.86 bits per heavy atom. The Labute approximate surface area is 133 Å². The lowest BCUT2D eigenvalue weighted by molar-refractivity contribution is -0.123. The van der Waals surface area contributed by atoms with Gasteiger partial charge in [-0.3, -0.25) is 4.79 Å². The molecule has 0 aliphatic heterocycles. The topological polar surface area (TPSA) is 55.1 Å². The molecule has 3 unspecified atom stereocenters. The van der Waals surface area contributed by atoms with E-state index in [1.807, 2.05) is 18.2 Å². The number of carbonyl (C=O) groups excluding carboxylic acids is 1. The molecule has 0 radical (unpaired) electrons. The van der Waals surface area contributed by atoms with Crippen LogP contribution in [0.2, 0.25) is 0 Å². The highest BCUT2D eigenvalue weighted by molar-refractivity contribution is 5.77. The Morgan fingerprint density at radius 3 is 2.50 bits per heavy atom. The molecule has 0 aromatic heterocycles. The van der Waals surface area contributed by atoms with Crippen molar-refractivity contribution in [3.63, 3.8) is 0 Å². The summed E-state index contributed by atoms with van der Waals surface area (Å²) >= 11 is 0. The molecule has 3 heteroatoms. The molecule has 120 valence electrons. The van der Waals surface area contributed by atoms with Crippen molar-refractivity contribution in [2.75, 3.05) is 0 Å². The zero-order valence-electron chi connectivity index (χ0n) is 13.5. The molecule has 1 aromatic rings. The minimum absolute atomic E-state index is 0.203. The summed E-state index contributed by atoms with van der Waals surface area (Å²) < 4.78 is 0. The fourth-order valence-corrected chi connectivity index (χ4v) is 4.45. The highest BCUT2D eigenvalue weighted by atomic mass is 16.1. The summed E-state index contributed by atoms with van der Waals surface area (Å²) in [6, 6.07) is 11.0. The monoisotopic (exact) mass is 300 g/mol. The SMILES string of the molecule is CC(CC(=O)NC1C2CCCC1CC(N)C2)c1ccccc1. The minimum Gasteiger partial charge on any atom is -0.353 e. The van der Waals surface area contributed by atoms with Crippen molar-refractivity contribution in [3.05, 3.63) is 35.9 Å². The molecule has 3 atom stereocenters. The summed E-state index contributed by atoms with van der Waals surface area (Å²) in [5, 5.41) is 3.35. The summed E-state index contributed by atoms with van der Waals surface area (Å²) in [5.41, 5.74) is 7.40. The molecule has 3 nitrogen and oxygen atoms in total. The van der Waals surface area contributed by atoms with E-state index in [0.717, 1.165) is 12.8 Å². The van der Waals surface area contributed by atoms with E-state index >= 15 is 0 Å². The second-order valence-electron chi connectivity index (χ2n) is 7.29. The number of hydrogen-bond donors (Lipinski definition) is 2. The number of carbonyl (C=O) groups is 1. The van der Waals surface area contributed by atoms with Crippen molar-refractivity contribution in [1.82, 2.24) is 5.32 Å². The van der Waals surface area contributed by atoms with Gasteiger partial charge < -0.3 is 11.1 Å². The van der Waals surface area contributed by atoms with E-state index in [-0.39, 0.29) is 11.8 Å². The molecule has 22 heavy (non-hydrogen) atoms. The molecule has 0 saturated heterocycles. The number of rotatable bonds is 4. The maximum Gasteiger partial charge on any atom is 0.220 e. The Kier molecular flexibility index (Phi) is 4.82. The van der Waals surface area contributed by atoms with Crippen LogP contribution in [0, 0.1) is 11.8 Å². The molecular formula is C19H28N2O. The summed E-state index contributed by atoms with van der Waals surface area (Å²) in [6.07, 6.45) is 6.49. The standard InChI is InChI=1S/C19H28N2O/c1-13(14-6-3-2-4-7-14)10-18(22)21-19-15-8-5-9-16(19)12-17(20)11-15/h2-4,6-7,13,15-17,19H,5,8-12,20H2,1H3,(H,21,22). The smallest absolute Gasteiger partial charge is 0.220 e. The zero-order chi connectivity index (χ0) is 15.5. The highest BCUT2D eigenvalue weighted by Gasteiger charge is 2.39. The number of amides is 1. The van der Waals surface area contributed by atoms with Crippen LogP contribution in [0.5, 0.6) is 0 Å². The molecule has 2 aliphatic rings. The molecule has 2 fully saturated rings. The van der Waals surface area contributed by atoms with Gasteiger partial charge in [-0.15, -0.1) is 0 Å². The maximum atomic E-state index is 12.5. The van der Waals surface area contributed by atoms with E-state index in [1.165, 1.54) is 24.8 Å². The van der Waals surface area contributed by atoms with Crippen molar-refractivity contribution >= 4 is 5.91 Å². The van der Waals surface area contributed by atoms with Crippen LogP contribution < -0.4 is 11.1 Å². The number of fused-ring (bicyclic) bond motifs is 2. The fourth-order valence-electron chi connectivity index (χ4n) is 4.45. The first-order valence-corrected chi connectivity index (χ1v) is 8.73. The summed E-state index contributed by atoms with van der Waals surface area (Å²) in [5.74, 6) is 1.66. The van der Waals surface area contributed by atoms with Crippen LogP contribution in [0.4, 0.5) is 0 Å². The largest absolute Gasteiger partial charge is 0.353 e. The number of hydrogen-bond acceptors (Lipinski definition) is 2. The Balaban J connectivity index is 1.57. The first-order chi connectivity index (χ1) is 10.6. The quantitative estimate of drug-likeness (QED) is 0.897. The van der Waals surface area contributed by atoms with Crippen molar-refractivity contribution in [2.24, 2.45) is 17.6 Å². The predicted molar refractivity (Wildman–Crippen MR) is 89.4 cm³/mol. The van der Waals surface area contributed by atoms with Gasteiger partial charge in [0.15, 0.2) is 0 Å². The van der Waals surface area contributed by atoms with Gasteiger partial charge in [0.1, 0.15) is 0 Å². The van der Waals surface area contributed by atoms with Gasteiger partial charge in [0.05, 0.1) is 0 Å². The van der Waals surface area contributed by atoms with E-state index in [9.17, 15) is 4.79 Å². The second kappa shape index (κ2) is 6.82. The van der Waals surface area contributed by atoms with Gasteiger partial charge in [-0.1, -0.05) is 43.7 Å². The average molecular weight is 300 g/mol. The van der Waals surface area contributed by atoms with Crippen LogP contribution in [-0.2, 0) is 4.79 Å². The third-order valence-corrected chi connectivity index (χ3v) is 5.56. The summed E-state index contributed by atoms with van der Waals surface area (Å²) in [6.45, 7) is 2.13. The third-order valence-electron chi connectivity index (χ3n) is 5.56. The van der Waals surface area contributed by atoms with Crippen molar-refractivity contribution < 1.29 is 4.79 Å². The molecule has 1 aromatic carbocycles. The van der Waals surface area contributed by atoms with Gasteiger partial charge in [0.2, 0.25) is 5.91 Å². The number of nitrogens with two attached hydrogens (primary N) is 1. The van der Waals surface area contributed by atoms with Gasteiger partial charge in [0, 0.05) is 18.5 Å². The minimum atomic E-state index is 0.203. The Hall–Kier alpha value is -1.35. The zero-order valence-corrected chi connectivity index (χ0v) is 13.5. The van der Waals surface area contributed by atoms with Gasteiger partial charge in [-0.25, -0.2) is 0 Å². The third kappa shape index (κ3) is 3.52. The first kappa shape index (κ1) is 15.5. The maximum absolute atomic E-state index is 12.5. The average Bonchev–Trinajstić information content (AvgIpc) is 2.49. The highest BCUT2D eigenvalue weighted by Crippen LogP contribution is 2.39. The predicted octanol–water partition coefficient (Wildman–Crippen LogP) is 3.20. The lowest BCUT2D eigenvalue weighted by atomic mass is 9.67. The van der Waals surface area contributed by atoms with Crippen LogP contribution in [0.1, 0.15) is 56.9 Å². The summed E-state index contributed by atoms with van der Waals surface area (Å²) in [4.78, 5) is 12.5. The molecule has 3 rings (SSSR count). The van der Waals surface area contributed by atoms with E-state index < -0.39 is 0 Å². The molecule has 2 bridgehead atoms. The number of nitrogens with one attached hydrogen (secondary N) is 1. The molecule has 0 spiro atoms. The van der Waals surface area contributed by atoms with Crippen molar-refractivity contribution in [3.8, 4) is 0 Å². The van der Waals surface area contributed by atoms with Gasteiger partial charge >= 0.3 is 0 Å². The van der Waals surface area contributed by atoms with Crippen LogP contribution in [0.3, 0.4) is 0 Å². The van der Waals surface area contributed by atoms with Crippen LogP contribution in [0.25, 0.3) is 0 Å². The van der Waals surface area contributed by atoms with E-state index in [2.05, 4.69) is 24.4 Å². The number of benzene rings is 1. The normalized spacial score (nSPS) is 32.3. The van der Waals surface area contributed by atoms with Crippen molar-refractivity contribution in [1.29, 1.82) is 0 Å².